The molecular weight excluding hydrogens is 394 g/mol. The van der Waals surface area contributed by atoms with E-state index in [2.05, 4.69) is 28.2 Å². The molecule has 0 radical (unpaired) electrons. The number of esters is 1. The van der Waals surface area contributed by atoms with Gasteiger partial charge in [0, 0.05) is 10.0 Å². The van der Waals surface area contributed by atoms with Crippen LogP contribution in [0.15, 0.2) is 24.3 Å². The number of carbonyl (C=O) groups is 2. The van der Waals surface area contributed by atoms with Crippen molar-refractivity contribution in [3.05, 3.63) is 29.8 Å². The maximum atomic E-state index is 12.9. The molecule has 0 saturated heterocycles. The van der Waals surface area contributed by atoms with Gasteiger partial charge in [0.2, 0.25) is 0 Å². The normalized spacial score (nSPS) is 34.5. The van der Waals surface area contributed by atoms with Crippen molar-refractivity contribution in [2.75, 3.05) is 11.9 Å². The van der Waals surface area contributed by atoms with Crippen molar-refractivity contribution in [2.24, 2.45) is 17.3 Å². The van der Waals surface area contributed by atoms with Crippen molar-refractivity contribution in [3.63, 3.8) is 0 Å². The molecule has 4 atom stereocenters. The van der Waals surface area contributed by atoms with E-state index < -0.39 is 0 Å². The molecular formula is C21H26BrNO3. The highest BCUT2D eigenvalue weighted by molar-refractivity contribution is 9.10. The van der Waals surface area contributed by atoms with Gasteiger partial charge in [-0.1, -0.05) is 35.0 Å². The third-order valence-corrected chi connectivity index (χ3v) is 7.33. The zero-order valence-electron chi connectivity index (χ0n) is 15.2. The molecule has 4 aliphatic carbocycles. The Hall–Kier alpha value is -1.36. The van der Waals surface area contributed by atoms with Crippen LogP contribution in [0.1, 0.15) is 51.0 Å². The van der Waals surface area contributed by atoms with Crippen molar-refractivity contribution < 1.29 is 14.3 Å². The molecule has 4 fully saturated rings. The van der Waals surface area contributed by atoms with Gasteiger partial charge in [0.25, 0.3) is 5.91 Å². The molecule has 5 heteroatoms. The summed E-state index contributed by atoms with van der Waals surface area (Å²) in [6, 6.07) is 7.75. The molecule has 4 bridgehead atoms. The lowest BCUT2D eigenvalue weighted by atomic mass is 9.49. The molecule has 0 spiro atoms. The third-order valence-electron chi connectivity index (χ3n) is 6.40. The number of ether oxygens (including phenoxy) is 1. The lowest BCUT2D eigenvalue weighted by Gasteiger charge is -2.58. The smallest absolute Gasteiger partial charge is 0.312 e. The summed E-state index contributed by atoms with van der Waals surface area (Å²) in [5.41, 5.74) is 1.58. The summed E-state index contributed by atoms with van der Waals surface area (Å²) < 4.78 is 5.59. The number of hydrogen-bond acceptors (Lipinski definition) is 3. The topological polar surface area (TPSA) is 55.4 Å². The second-order valence-corrected chi connectivity index (χ2v) is 10.2. The maximum absolute atomic E-state index is 12.9. The van der Waals surface area contributed by atoms with Crippen molar-refractivity contribution in [2.45, 2.75) is 56.2 Å². The molecule has 1 amide bonds. The second-order valence-electron chi connectivity index (χ2n) is 8.57. The van der Waals surface area contributed by atoms with Crippen LogP contribution in [0.4, 0.5) is 5.69 Å². The predicted molar refractivity (Wildman–Crippen MR) is 104 cm³/mol. The zero-order chi connectivity index (χ0) is 18.4. The van der Waals surface area contributed by atoms with Gasteiger partial charge in [0.05, 0.1) is 5.41 Å². The fourth-order valence-corrected chi connectivity index (χ4v) is 7.15. The largest absolute Gasteiger partial charge is 0.455 e. The predicted octanol–water partition coefficient (Wildman–Crippen LogP) is 4.46. The van der Waals surface area contributed by atoms with Gasteiger partial charge >= 0.3 is 5.97 Å². The number of carbonyl (C=O) groups excluding carboxylic acids is 2. The van der Waals surface area contributed by atoms with Crippen LogP contribution < -0.4 is 5.32 Å². The first-order chi connectivity index (χ1) is 12.4. The summed E-state index contributed by atoms with van der Waals surface area (Å²) in [5.74, 6) is 0.788. The quantitative estimate of drug-likeness (QED) is 0.565. The molecule has 4 aliphatic rings. The minimum Gasteiger partial charge on any atom is -0.455 e. The number of hydrogen-bond donors (Lipinski definition) is 1. The molecule has 1 aromatic carbocycles. The highest BCUT2D eigenvalue weighted by Gasteiger charge is 2.60. The van der Waals surface area contributed by atoms with Crippen LogP contribution in [-0.2, 0) is 20.7 Å². The number of benzene rings is 1. The lowest BCUT2D eigenvalue weighted by Crippen LogP contribution is -2.56. The van der Waals surface area contributed by atoms with E-state index in [-0.39, 0.29) is 28.2 Å². The number of aryl methyl sites for hydroxylation is 1. The zero-order valence-corrected chi connectivity index (χ0v) is 16.8. The minimum absolute atomic E-state index is 0.111. The van der Waals surface area contributed by atoms with E-state index in [0.717, 1.165) is 31.4 Å². The molecule has 4 saturated carbocycles. The van der Waals surface area contributed by atoms with Crippen molar-refractivity contribution in [1.29, 1.82) is 0 Å². The summed E-state index contributed by atoms with van der Waals surface area (Å²) in [6.07, 6.45) is 7.26. The number of rotatable bonds is 5. The van der Waals surface area contributed by atoms with Crippen LogP contribution in [-0.4, -0.2) is 22.8 Å². The highest BCUT2D eigenvalue weighted by atomic mass is 79.9. The van der Waals surface area contributed by atoms with E-state index in [9.17, 15) is 9.59 Å². The number of halogens is 1. The van der Waals surface area contributed by atoms with E-state index in [1.54, 1.807) is 0 Å². The fraction of sp³-hybridized carbons (Fsp3) is 0.619. The van der Waals surface area contributed by atoms with Crippen molar-refractivity contribution in [3.8, 4) is 0 Å². The van der Waals surface area contributed by atoms with Crippen molar-refractivity contribution in [1.82, 2.24) is 0 Å². The van der Waals surface area contributed by atoms with Crippen LogP contribution >= 0.6 is 15.9 Å². The highest BCUT2D eigenvalue weighted by Crippen LogP contribution is 2.64. The Bertz CT molecular complexity index is 700. The van der Waals surface area contributed by atoms with Crippen LogP contribution in [0.2, 0.25) is 0 Å². The molecule has 5 rings (SSSR count). The van der Waals surface area contributed by atoms with Gasteiger partial charge in [-0.15, -0.1) is 0 Å². The van der Waals surface area contributed by atoms with Crippen molar-refractivity contribution >= 4 is 33.5 Å². The van der Waals surface area contributed by atoms with E-state index in [1.165, 1.54) is 24.8 Å². The van der Waals surface area contributed by atoms with Gasteiger partial charge in [-0.25, -0.2) is 0 Å². The van der Waals surface area contributed by atoms with Crippen LogP contribution in [0.5, 0.6) is 0 Å². The van der Waals surface area contributed by atoms with Gasteiger partial charge < -0.3 is 10.1 Å². The molecule has 0 aromatic heterocycles. The van der Waals surface area contributed by atoms with Gasteiger partial charge in [0.1, 0.15) is 0 Å². The molecule has 2 unspecified atom stereocenters. The number of alkyl halides is 1. The van der Waals surface area contributed by atoms with Crippen LogP contribution in [0.3, 0.4) is 0 Å². The molecule has 0 heterocycles. The number of nitrogens with one attached hydrogen (secondary N) is 1. The standard InChI is InChI=1S/C21H26BrNO3/c1-2-14-3-5-17(6-4-14)23-18(24)12-26-19(25)20-8-15-7-16(9-20)11-21(22,10-15)13-20/h3-6,15-16H,2,7-13H2,1H3,(H,23,24)/t15-,16+,20?,21?. The first kappa shape index (κ1) is 18.0. The molecule has 1 N–H and O–H groups in total. The molecule has 4 nitrogen and oxygen atoms in total. The minimum atomic E-state index is -0.378. The average molecular weight is 420 g/mol. The molecule has 0 aliphatic heterocycles. The van der Waals surface area contributed by atoms with E-state index in [4.69, 9.17) is 4.74 Å². The summed E-state index contributed by atoms with van der Waals surface area (Å²) in [4.78, 5) is 25.0. The Kier molecular flexibility index (Phi) is 4.62. The van der Waals surface area contributed by atoms with Gasteiger partial charge in [-0.3, -0.25) is 9.59 Å². The Morgan fingerprint density at radius 3 is 2.38 bits per heavy atom. The van der Waals surface area contributed by atoms with Gasteiger partial charge in [0.15, 0.2) is 6.61 Å². The summed E-state index contributed by atoms with van der Waals surface area (Å²) in [5, 5.41) is 2.80. The van der Waals surface area contributed by atoms with Gasteiger partial charge in [-0.2, -0.15) is 0 Å². The summed E-state index contributed by atoms with van der Waals surface area (Å²) >= 11 is 3.91. The first-order valence-corrected chi connectivity index (χ1v) is 10.4. The Labute approximate surface area is 163 Å². The van der Waals surface area contributed by atoms with E-state index in [1.807, 2.05) is 24.3 Å². The third kappa shape index (κ3) is 3.42. The van der Waals surface area contributed by atoms with E-state index in [0.29, 0.717) is 11.8 Å². The number of anilines is 1. The summed E-state index contributed by atoms with van der Waals surface area (Å²) in [6.45, 7) is 1.88. The fourth-order valence-electron chi connectivity index (χ4n) is 5.69. The van der Waals surface area contributed by atoms with E-state index >= 15 is 0 Å². The second kappa shape index (κ2) is 6.66. The summed E-state index contributed by atoms with van der Waals surface area (Å²) in [7, 11) is 0. The first-order valence-electron chi connectivity index (χ1n) is 9.65. The lowest BCUT2D eigenvalue weighted by molar-refractivity contribution is -0.170. The molecule has 1 aromatic rings. The monoisotopic (exact) mass is 419 g/mol. The molecule has 26 heavy (non-hydrogen) atoms. The Morgan fingerprint density at radius 1 is 1.15 bits per heavy atom. The maximum Gasteiger partial charge on any atom is 0.312 e. The molecule has 140 valence electrons. The van der Waals surface area contributed by atoms with Crippen LogP contribution in [0.25, 0.3) is 0 Å². The number of amides is 1. The van der Waals surface area contributed by atoms with Crippen LogP contribution in [0, 0.1) is 17.3 Å². The SMILES string of the molecule is CCc1ccc(NC(=O)COC(=O)C23C[C@@H]4C[C@@H](CC(Br)(C4)C2)C3)cc1. The Morgan fingerprint density at radius 2 is 1.81 bits per heavy atom. The average Bonchev–Trinajstić information content (AvgIpc) is 2.58. The Balaban J connectivity index is 1.34. The van der Waals surface area contributed by atoms with Gasteiger partial charge in [-0.05, 0) is 74.5 Å².